The Balaban J connectivity index is 2.04. The second kappa shape index (κ2) is 5.95. The summed E-state index contributed by atoms with van der Waals surface area (Å²) < 4.78 is 26.8. The Morgan fingerprint density at radius 3 is 2.27 bits per heavy atom. The first-order chi connectivity index (χ1) is 10.1. The van der Waals surface area contributed by atoms with Gasteiger partial charge in [-0.1, -0.05) is 0 Å². The number of nitrogens with one attached hydrogen (secondary N) is 2. The molecule has 122 valence electrons. The van der Waals surface area contributed by atoms with Gasteiger partial charge in [-0.15, -0.1) is 0 Å². The van der Waals surface area contributed by atoms with E-state index < -0.39 is 11.6 Å². The van der Waals surface area contributed by atoms with Crippen LogP contribution < -0.4 is 10.6 Å². The van der Waals surface area contributed by atoms with Gasteiger partial charge in [0.25, 0.3) is 0 Å². The lowest BCUT2D eigenvalue weighted by molar-refractivity contribution is -0.120. The maximum Gasteiger partial charge on any atom is 0.217 e. The van der Waals surface area contributed by atoms with Gasteiger partial charge in [-0.2, -0.15) is 0 Å². The number of hydrogen-bond donors (Lipinski definition) is 2. The van der Waals surface area contributed by atoms with Crippen LogP contribution in [0.3, 0.4) is 0 Å². The van der Waals surface area contributed by atoms with Gasteiger partial charge in [-0.05, 0) is 57.7 Å². The Labute approximate surface area is 130 Å². The highest BCUT2D eigenvalue weighted by Crippen LogP contribution is 2.46. The summed E-state index contributed by atoms with van der Waals surface area (Å²) in [5.41, 5.74) is -0.00918. The van der Waals surface area contributed by atoms with Crippen LogP contribution in [0.4, 0.5) is 8.78 Å². The summed E-state index contributed by atoms with van der Waals surface area (Å²) in [4.78, 5) is 11.2. The molecule has 1 aliphatic carbocycles. The van der Waals surface area contributed by atoms with Crippen LogP contribution >= 0.6 is 0 Å². The largest absolute Gasteiger partial charge is 0.351 e. The molecular formula is C17H24F2N2O. The van der Waals surface area contributed by atoms with Crippen LogP contribution in [0.5, 0.6) is 0 Å². The fourth-order valence-corrected chi connectivity index (χ4v) is 3.29. The zero-order valence-corrected chi connectivity index (χ0v) is 13.6. The normalized spacial score (nSPS) is 17.9. The quantitative estimate of drug-likeness (QED) is 0.847. The first-order valence-electron chi connectivity index (χ1n) is 7.65. The molecule has 0 heterocycles. The molecule has 22 heavy (non-hydrogen) atoms. The molecule has 0 aromatic heterocycles. The van der Waals surface area contributed by atoms with Gasteiger partial charge in [0.15, 0.2) is 0 Å². The van der Waals surface area contributed by atoms with Crippen molar-refractivity contribution >= 4 is 5.91 Å². The molecule has 1 fully saturated rings. The molecule has 1 saturated carbocycles. The smallest absolute Gasteiger partial charge is 0.217 e. The third kappa shape index (κ3) is 4.26. The molecule has 1 amide bonds. The first-order valence-corrected chi connectivity index (χ1v) is 7.65. The summed E-state index contributed by atoms with van der Waals surface area (Å²) >= 11 is 0. The Kier molecular flexibility index (Phi) is 4.57. The first kappa shape index (κ1) is 16.9. The van der Waals surface area contributed by atoms with Gasteiger partial charge in [-0.3, -0.25) is 4.79 Å². The van der Waals surface area contributed by atoms with E-state index in [2.05, 4.69) is 10.6 Å². The van der Waals surface area contributed by atoms with Crippen LogP contribution in [0.25, 0.3) is 0 Å². The minimum Gasteiger partial charge on any atom is -0.351 e. The maximum absolute atomic E-state index is 13.4. The molecule has 1 atom stereocenters. The van der Waals surface area contributed by atoms with Gasteiger partial charge in [0.1, 0.15) is 11.6 Å². The van der Waals surface area contributed by atoms with Gasteiger partial charge in [0.2, 0.25) is 5.91 Å². The molecule has 0 unspecified atom stereocenters. The number of carbonyl (C=O) groups is 1. The topological polar surface area (TPSA) is 41.1 Å². The van der Waals surface area contributed by atoms with Crippen LogP contribution in [0.2, 0.25) is 0 Å². The SMILES string of the molecule is CC(=O)NC(C)(C)C[C@H](C)NC1(c2cc(F)cc(F)c2)CC1. The van der Waals surface area contributed by atoms with E-state index in [1.165, 1.54) is 19.1 Å². The van der Waals surface area contributed by atoms with Gasteiger partial charge in [-0.25, -0.2) is 8.78 Å². The highest BCUT2D eigenvalue weighted by molar-refractivity contribution is 5.73. The minimum atomic E-state index is -0.547. The van der Waals surface area contributed by atoms with Crippen LogP contribution in [0, 0.1) is 11.6 Å². The van der Waals surface area contributed by atoms with E-state index in [-0.39, 0.29) is 23.0 Å². The van der Waals surface area contributed by atoms with Crippen molar-refractivity contribution in [1.29, 1.82) is 0 Å². The van der Waals surface area contributed by atoms with Crippen molar-refractivity contribution < 1.29 is 13.6 Å². The summed E-state index contributed by atoms with van der Waals surface area (Å²) in [6, 6.07) is 3.79. The second-order valence-corrected chi connectivity index (χ2v) is 7.05. The van der Waals surface area contributed by atoms with Crippen LogP contribution in [-0.2, 0) is 10.3 Å². The lowest BCUT2D eigenvalue weighted by Gasteiger charge is -2.32. The Morgan fingerprint density at radius 2 is 1.82 bits per heavy atom. The standard InChI is InChI=1S/C17H24F2N2O/c1-11(10-16(3,4)21-12(2)22)20-17(5-6-17)13-7-14(18)9-15(19)8-13/h7-9,11,20H,5-6,10H2,1-4H3,(H,21,22)/t11-/m0/s1. The lowest BCUT2D eigenvalue weighted by atomic mass is 9.94. The predicted octanol–water partition coefficient (Wildman–Crippen LogP) is 3.24. The average molecular weight is 310 g/mol. The van der Waals surface area contributed by atoms with Crippen molar-refractivity contribution in [3.8, 4) is 0 Å². The van der Waals surface area contributed by atoms with Gasteiger partial charge < -0.3 is 10.6 Å². The molecule has 1 aromatic rings. The third-order valence-electron chi connectivity index (χ3n) is 4.02. The van der Waals surface area contributed by atoms with Crippen molar-refractivity contribution in [2.45, 2.75) is 64.1 Å². The Morgan fingerprint density at radius 1 is 1.27 bits per heavy atom. The van der Waals surface area contributed by atoms with E-state index in [0.717, 1.165) is 25.3 Å². The van der Waals surface area contributed by atoms with Gasteiger partial charge >= 0.3 is 0 Å². The van der Waals surface area contributed by atoms with Crippen LogP contribution in [0.1, 0.15) is 52.5 Å². The molecule has 0 radical (unpaired) electrons. The molecule has 0 aliphatic heterocycles. The maximum atomic E-state index is 13.4. The van der Waals surface area contributed by atoms with Crippen LogP contribution in [-0.4, -0.2) is 17.5 Å². The molecule has 2 N–H and O–H groups in total. The van der Waals surface area contributed by atoms with Gasteiger partial charge in [0.05, 0.1) is 0 Å². The Hall–Kier alpha value is -1.49. The van der Waals surface area contributed by atoms with Crippen molar-refractivity contribution in [3.63, 3.8) is 0 Å². The minimum absolute atomic E-state index is 0.0643. The van der Waals surface area contributed by atoms with E-state index in [9.17, 15) is 13.6 Å². The summed E-state index contributed by atoms with van der Waals surface area (Å²) in [6.45, 7) is 7.46. The summed E-state index contributed by atoms with van der Waals surface area (Å²) in [7, 11) is 0. The van der Waals surface area contributed by atoms with E-state index in [1.807, 2.05) is 20.8 Å². The predicted molar refractivity (Wildman–Crippen MR) is 82.4 cm³/mol. The monoisotopic (exact) mass is 310 g/mol. The highest BCUT2D eigenvalue weighted by atomic mass is 19.1. The molecule has 0 spiro atoms. The lowest BCUT2D eigenvalue weighted by Crippen LogP contribution is -2.48. The number of carbonyl (C=O) groups excluding carboxylic acids is 1. The van der Waals surface area contributed by atoms with Crippen LogP contribution in [0.15, 0.2) is 18.2 Å². The highest BCUT2D eigenvalue weighted by Gasteiger charge is 2.45. The van der Waals surface area contributed by atoms with Crippen molar-refractivity contribution in [3.05, 3.63) is 35.4 Å². The van der Waals surface area contributed by atoms with Crippen molar-refractivity contribution in [2.24, 2.45) is 0 Å². The van der Waals surface area contributed by atoms with E-state index >= 15 is 0 Å². The summed E-state index contributed by atoms with van der Waals surface area (Å²) in [5.74, 6) is -1.16. The fraction of sp³-hybridized carbons (Fsp3) is 0.588. The van der Waals surface area contributed by atoms with E-state index in [4.69, 9.17) is 0 Å². The van der Waals surface area contributed by atoms with Crippen molar-refractivity contribution in [1.82, 2.24) is 10.6 Å². The molecule has 5 heteroatoms. The summed E-state index contributed by atoms with van der Waals surface area (Å²) in [6.07, 6.45) is 2.45. The number of benzene rings is 1. The van der Waals surface area contributed by atoms with Crippen molar-refractivity contribution in [2.75, 3.05) is 0 Å². The molecule has 2 rings (SSSR count). The molecule has 0 bridgehead atoms. The molecule has 1 aromatic carbocycles. The molecular weight excluding hydrogens is 286 g/mol. The molecule has 0 saturated heterocycles. The van der Waals surface area contributed by atoms with Gasteiger partial charge in [0, 0.05) is 30.1 Å². The second-order valence-electron chi connectivity index (χ2n) is 7.05. The third-order valence-corrected chi connectivity index (χ3v) is 4.02. The number of rotatable bonds is 6. The zero-order valence-electron chi connectivity index (χ0n) is 13.6. The molecule has 3 nitrogen and oxygen atoms in total. The molecule has 1 aliphatic rings. The average Bonchev–Trinajstić information content (AvgIpc) is 3.05. The Bertz CT molecular complexity index is 548. The fourth-order valence-electron chi connectivity index (χ4n) is 3.29. The number of halogens is 2. The zero-order chi connectivity index (χ0) is 16.5. The van der Waals surface area contributed by atoms with E-state index in [0.29, 0.717) is 5.56 Å². The number of hydrogen-bond acceptors (Lipinski definition) is 2. The summed E-state index contributed by atoms with van der Waals surface area (Å²) in [5, 5.41) is 6.40. The van der Waals surface area contributed by atoms with E-state index in [1.54, 1.807) is 0 Å². The number of amides is 1.